The van der Waals surface area contributed by atoms with Gasteiger partial charge in [-0.3, -0.25) is 4.79 Å². The van der Waals surface area contributed by atoms with Crippen molar-refractivity contribution in [2.45, 2.75) is 18.3 Å². The van der Waals surface area contributed by atoms with E-state index in [1.54, 1.807) is 0 Å². The van der Waals surface area contributed by atoms with E-state index in [2.05, 4.69) is 18.9 Å². The van der Waals surface area contributed by atoms with Gasteiger partial charge in [-0.15, -0.1) is 0 Å². The average Bonchev–Trinajstić information content (AvgIpc) is 3.21. The van der Waals surface area contributed by atoms with Crippen LogP contribution in [0.5, 0.6) is 0 Å². The first-order valence-electron chi connectivity index (χ1n) is 11.3. The van der Waals surface area contributed by atoms with E-state index in [4.69, 9.17) is 5.73 Å². The number of amides is 1. The van der Waals surface area contributed by atoms with E-state index in [1.165, 1.54) is 0 Å². The summed E-state index contributed by atoms with van der Waals surface area (Å²) in [5.74, 6) is 6.47. The van der Waals surface area contributed by atoms with Gasteiger partial charge in [0.1, 0.15) is 5.41 Å². The van der Waals surface area contributed by atoms with Gasteiger partial charge in [0, 0.05) is 17.9 Å². The van der Waals surface area contributed by atoms with Crippen LogP contribution in [-0.2, 0) is 10.2 Å². The summed E-state index contributed by atoms with van der Waals surface area (Å²) in [6, 6.07) is 30.3. The van der Waals surface area contributed by atoms with Gasteiger partial charge in [-0.05, 0) is 23.3 Å². The molecule has 0 saturated carbocycles. The van der Waals surface area contributed by atoms with Crippen LogP contribution in [0.2, 0.25) is 0 Å². The number of nitrogens with zero attached hydrogens (tertiary/aromatic N) is 1. The zero-order valence-electron chi connectivity index (χ0n) is 18.7. The Morgan fingerprint density at radius 2 is 1.47 bits per heavy atom. The molecule has 4 rings (SSSR count). The zero-order chi connectivity index (χ0) is 22.4. The Kier molecular flexibility index (Phi) is 6.44. The smallest absolute Gasteiger partial charge is 0.233 e. The molecule has 3 nitrogen and oxygen atoms in total. The molecule has 0 radical (unpaired) electrons. The van der Waals surface area contributed by atoms with Crippen molar-refractivity contribution in [2.75, 3.05) is 26.7 Å². The van der Waals surface area contributed by atoms with Crippen molar-refractivity contribution in [3.8, 4) is 11.8 Å². The third-order valence-electron chi connectivity index (χ3n) is 6.92. The van der Waals surface area contributed by atoms with Gasteiger partial charge in [-0.1, -0.05) is 90.7 Å². The Balaban J connectivity index is 1.60. The van der Waals surface area contributed by atoms with Crippen LogP contribution >= 0.6 is 0 Å². The number of carbonyl (C=O) groups excluding carboxylic acids is 1. The maximum atomic E-state index is 13.2. The van der Waals surface area contributed by atoms with Crippen LogP contribution in [0.15, 0.2) is 91.0 Å². The van der Waals surface area contributed by atoms with Crippen LogP contribution in [0.25, 0.3) is 0 Å². The molecule has 32 heavy (non-hydrogen) atoms. The van der Waals surface area contributed by atoms with Gasteiger partial charge in [-0.2, -0.15) is 0 Å². The third-order valence-corrected chi connectivity index (χ3v) is 6.92. The summed E-state index contributed by atoms with van der Waals surface area (Å²) in [7, 11) is 2.28. The Morgan fingerprint density at radius 1 is 0.938 bits per heavy atom. The van der Waals surface area contributed by atoms with Gasteiger partial charge in [0.2, 0.25) is 5.91 Å². The molecule has 3 heteroatoms. The van der Waals surface area contributed by atoms with E-state index in [-0.39, 0.29) is 11.8 Å². The fourth-order valence-corrected chi connectivity index (χ4v) is 5.28. The van der Waals surface area contributed by atoms with Crippen molar-refractivity contribution >= 4 is 5.91 Å². The van der Waals surface area contributed by atoms with Crippen molar-refractivity contribution in [1.29, 1.82) is 0 Å². The summed E-state index contributed by atoms with van der Waals surface area (Å²) in [5, 5.41) is 0. The van der Waals surface area contributed by atoms with Crippen molar-refractivity contribution in [2.24, 2.45) is 11.7 Å². The van der Waals surface area contributed by atoms with Crippen LogP contribution in [-0.4, -0.2) is 37.1 Å². The summed E-state index contributed by atoms with van der Waals surface area (Å²) in [4.78, 5) is 13.2. The van der Waals surface area contributed by atoms with Gasteiger partial charge in [0.25, 0.3) is 0 Å². The van der Waals surface area contributed by atoms with E-state index in [0.717, 1.165) is 53.6 Å². The van der Waals surface area contributed by atoms with Crippen LogP contribution in [0.1, 0.15) is 29.5 Å². The normalized spacial score (nSPS) is 20.3. The topological polar surface area (TPSA) is 43.1 Å². The number of benzene rings is 3. The van der Waals surface area contributed by atoms with Gasteiger partial charge in [0.15, 0.2) is 0 Å². The van der Waals surface area contributed by atoms with Gasteiger partial charge < -0.3 is 10.2 Å². The second kappa shape index (κ2) is 9.42. The second-order valence-electron chi connectivity index (χ2n) is 9.06. The molecular formula is C29H31N2O+. The minimum absolute atomic E-state index is 0.136. The number of rotatable bonds is 6. The second-order valence-corrected chi connectivity index (χ2v) is 9.06. The maximum absolute atomic E-state index is 13.2. The highest BCUT2D eigenvalue weighted by Crippen LogP contribution is 2.45. The summed E-state index contributed by atoms with van der Waals surface area (Å²) in [5.41, 5.74) is 8.42. The molecule has 0 bridgehead atoms. The highest BCUT2D eigenvalue weighted by Gasteiger charge is 2.53. The van der Waals surface area contributed by atoms with E-state index in [1.807, 2.05) is 91.0 Å². The minimum Gasteiger partial charge on any atom is -0.369 e. The fourth-order valence-electron chi connectivity index (χ4n) is 5.28. The number of likely N-dealkylation sites (tertiary alicyclic amines) is 1. The standard InChI is InChI=1S/C29H30N2O/c1-31(21-12-11-15-24-13-5-2-6-14-24)22-20-27(23-31)29(28(30)32,25-16-7-3-8-17-25)26-18-9-4-10-19-26/h2-10,13-14,16-19,27H,12,20-23H2,1H3,(H-,30,32)/p+1/t27-,31?/m1/s1. The quantitative estimate of drug-likeness (QED) is 0.464. The molecule has 3 aromatic carbocycles. The van der Waals surface area contributed by atoms with E-state index >= 15 is 0 Å². The predicted octanol–water partition coefficient (Wildman–Crippen LogP) is 4.37. The monoisotopic (exact) mass is 423 g/mol. The van der Waals surface area contributed by atoms with Crippen LogP contribution < -0.4 is 5.73 Å². The highest BCUT2D eigenvalue weighted by atomic mass is 16.1. The Labute approximate surface area is 191 Å². The molecule has 1 aliphatic heterocycles. The first kappa shape index (κ1) is 21.9. The van der Waals surface area contributed by atoms with Crippen molar-refractivity contribution < 1.29 is 9.28 Å². The predicted molar refractivity (Wildman–Crippen MR) is 130 cm³/mol. The van der Waals surface area contributed by atoms with Crippen LogP contribution in [0.4, 0.5) is 0 Å². The Morgan fingerprint density at radius 3 is 2.00 bits per heavy atom. The number of hydrogen-bond acceptors (Lipinski definition) is 1. The first-order valence-corrected chi connectivity index (χ1v) is 11.3. The molecular weight excluding hydrogens is 392 g/mol. The number of primary amides is 1. The number of quaternary nitrogens is 1. The first-order chi connectivity index (χ1) is 15.5. The lowest BCUT2D eigenvalue weighted by Crippen LogP contribution is -2.51. The summed E-state index contributed by atoms with van der Waals surface area (Å²) in [6.07, 6.45) is 1.79. The van der Waals surface area contributed by atoms with Crippen molar-refractivity contribution in [3.63, 3.8) is 0 Å². The van der Waals surface area contributed by atoms with E-state index in [9.17, 15) is 4.79 Å². The summed E-state index contributed by atoms with van der Waals surface area (Å²) >= 11 is 0. The number of nitrogens with two attached hydrogens (primary N) is 1. The molecule has 3 aromatic rings. The lowest BCUT2D eigenvalue weighted by molar-refractivity contribution is -0.898. The molecule has 2 N–H and O–H groups in total. The zero-order valence-corrected chi connectivity index (χ0v) is 18.7. The van der Waals surface area contributed by atoms with Crippen LogP contribution in [0, 0.1) is 17.8 Å². The number of hydrogen-bond donors (Lipinski definition) is 1. The van der Waals surface area contributed by atoms with E-state index in [0.29, 0.717) is 0 Å². The third kappa shape index (κ3) is 4.33. The Bertz CT molecular complexity index is 1060. The van der Waals surface area contributed by atoms with Crippen molar-refractivity contribution in [3.05, 3.63) is 108 Å². The highest BCUT2D eigenvalue weighted by molar-refractivity contribution is 5.91. The molecule has 2 atom stereocenters. The lowest BCUT2D eigenvalue weighted by atomic mass is 9.64. The molecule has 1 saturated heterocycles. The molecule has 0 spiro atoms. The van der Waals surface area contributed by atoms with E-state index < -0.39 is 5.41 Å². The SMILES string of the molecule is C[N+]1(CCC#Cc2ccccc2)CC[C@@H](C(C(N)=O)(c2ccccc2)c2ccccc2)C1. The van der Waals surface area contributed by atoms with Gasteiger partial charge in [-0.25, -0.2) is 0 Å². The fraction of sp³-hybridized carbons (Fsp3) is 0.276. The largest absolute Gasteiger partial charge is 0.369 e. The Hall–Kier alpha value is -3.35. The molecule has 0 aromatic heterocycles. The molecule has 1 heterocycles. The van der Waals surface area contributed by atoms with Crippen LogP contribution in [0.3, 0.4) is 0 Å². The lowest BCUT2D eigenvalue weighted by Gasteiger charge is -2.38. The molecule has 162 valence electrons. The maximum Gasteiger partial charge on any atom is 0.233 e. The minimum atomic E-state index is -0.825. The molecule has 1 fully saturated rings. The van der Waals surface area contributed by atoms with Gasteiger partial charge in [0.05, 0.1) is 33.1 Å². The van der Waals surface area contributed by atoms with Gasteiger partial charge >= 0.3 is 0 Å². The average molecular weight is 424 g/mol. The number of carbonyl (C=O) groups is 1. The molecule has 0 aliphatic carbocycles. The summed E-state index contributed by atoms with van der Waals surface area (Å²) < 4.78 is 0.906. The summed E-state index contributed by atoms with van der Waals surface area (Å²) in [6.45, 7) is 2.89. The molecule has 1 unspecified atom stereocenters. The van der Waals surface area contributed by atoms with Crippen molar-refractivity contribution in [1.82, 2.24) is 0 Å². The molecule has 1 aliphatic rings. The molecule has 1 amide bonds.